The van der Waals surface area contributed by atoms with Crippen LogP contribution in [-0.4, -0.2) is 63.3 Å². The van der Waals surface area contributed by atoms with Crippen molar-refractivity contribution >= 4 is 34.8 Å². The number of carbonyl (C=O) groups excluding carboxylic acids is 3. The molecule has 1 saturated heterocycles. The molecule has 1 heterocycles. The second-order valence-electron chi connectivity index (χ2n) is 5.59. The van der Waals surface area contributed by atoms with Gasteiger partial charge in [0.2, 0.25) is 11.0 Å². The van der Waals surface area contributed by atoms with Gasteiger partial charge in [-0.3, -0.25) is 9.59 Å². The molecule has 0 aromatic heterocycles. The molecule has 24 heavy (non-hydrogen) atoms. The Kier molecular flexibility index (Phi) is 5.61. The SMILES string of the molecule is C[C@@H](CSC(=O)c1ccccc1)C(=O)N1C(=O)N(C)C[C@H]1C(=O)O. The van der Waals surface area contributed by atoms with E-state index in [0.717, 1.165) is 16.7 Å². The van der Waals surface area contributed by atoms with E-state index in [-0.39, 0.29) is 17.4 Å². The fourth-order valence-corrected chi connectivity index (χ4v) is 3.19. The average Bonchev–Trinajstić information content (AvgIpc) is 2.88. The molecular formula is C16H18N2O5S. The fraction of sp³-hybridized carbons (Fsp3) is 0.375. The molecular weight excluding hydrogens is 332 g/mol. The number of urea groups is 1. The Balaban J connectivity index is 2.00. The van der Waals surface area contributed by atoms with Crippen molar-refractivity contribution in [2.75, 3.05) is 19.3 Å². The topological polar surface area (TPSA) is 95.0 Å². The van der Waals surface area contributed by atoms with Gasteiger partial charge in [0.05, 0.1) is 6.54 Å². The molecule has 8 heteroatoms. The summed E-state index contributed by atoms with van der Waals surface area (Å²) in [7, 11) is 1.45. The molecule has 0 radical (unpaired) electrons. The van der Waals surface area contributed by atoms with Crippen molar-refractivity contribution in [3.8, 4) is 0 Å². The molecule has 0 saturated carbocycles. The Labute approximate surface area is 143 Å². The Morgan fingerprint density at radius 1 is 1.29 bits per heavy atom. The van der Waals surface area contributed by atoms with Crippen LogP contribution in [0, 0.1) is 5.92 Å². The highest BCUT2D eigenvalue weighted by molar-refractivity contribution is 8.14. The molecule has 0 unspecified atom stereocenters. The van der Waals surface area contributed by atoms with E-state index in [2.05, 4.69) is 0 Å². The minimum absolute atomic E-state index is 0.0390. The number of rotatable bonds is 5. The summed E-state index contributed by atoms with van der Waals surface area (Å²) in [5.41, 5.74) is 0.530. The zero-order valence-corrected chi connectivity index (χ0v) is 14.2. The number of thioether (sulfide) groups is 1. The van der Waals surface area contributed by atoms with Crippen LogP contribution in [0.1, 0.15) is 17.3 Å². The molecule has 1 N–H and O–H groups in total. The summed E-state index contributed by atoms with van der Waals surface area (Å²) < 4.78 is 0. The standard InChI is InChI=1S/C16H18N2O5S/c1-10(9-24-15(22)11-6-4-3-5-7-11)13(19)18-12(14(20)21)8-17(2)16(18)23/h3-7,10,12H,8-9H2,1-2H3,(H,20,21)/t10-,12-/m0/s1. The molecule has 1 aliphatic heterocycles. The van der Waals surface area contributed by atoms with Crippen LogP contribution >= 0.6 is 11.8 Å². The number of carboxylic acids is 1. The average molecular weight is 350 g/mol. The van der Waals surface area contributed by atoms with E-state index >= 15 is 0 Å². The fourth-order valence-electron chi connectivity index (χ4n) is 2.34. The van der Waals surface area contributed by atoms with Crippen molar-refractivity contribution in [2.24, 2.45) is 5.92 Å². The number of hydrogen-bond acceptors (Lipinski definition) is 5. The first-order chi connectivity index (χ1) is 11.3. The first-order valence-corrected chi connectivity index (χ1v) is 8.34. The van der Waals surface area contributed by atoms with Crippen LogP contribution in [0.3, 0.4) is 0 Å². The van der Waals surface area contributed by atoms with Crippen molar-refractivity contribution in [3.63, 3.8) is 0 Å². The molecule has 2 atom stereocenters. The van der Waals surface area contributed by atoms with E-state index in [1.165, 1.54) is 11.9 Å². The predicted octanol–water partition coefficient (Wildman–Crippen LogP) is 1.54. The second-order valence-corrected chi connectivity index (χ2v) is 6.58. The lowest BCUT2D eigenvalue weighted by atomic mass is 10.1. The van der Waals surface area contributed by atoms with Gasteiger partial charge < -0.3 is 10.0 Å². The van der Waals surface area contributed by atoms with Crippen LogP contribution in [0.2, 0.25) is 0 Å². The van der Waals surface area contributed by atoms with Gasteiger partial charge in [0, 0.05) is 24.3 Å². The van der Waals surface area contributed by atoms with Crippen molar-refractivity contribution < 1.29 is 24.3 Å². The van der Waals surface area contributed by atoms with Crippen LogP contribution < -0.4 is 0 Å². The Bertz CT molecular complexity index is 664. The van der Waals surface area contributed by atoms with E-state index in [4.69, 9.17) is 0 Å². The van der Waals surface area contributed by atoms with Crippen LogP contribution in [0.5, 0.6) is 0 Å². The van der Waals surface area contributed by atoms with Crippen molar-refractivity contribution in [3.05, 3.63) is 35.9 Å². The third-order valence-electron chi connectivity index (χ3n) is 3.71. The molecule has 7 nitrogen and oxygen atoms in total. The predicted molar refractivity (Wildman–Crippen MR) is 88.7 cm³/mol. The molecule has 128 valence electrons. The van der Waals surface area contributed by atoms with Crippen molar-refractivity contribution in [1.82, 2.24) is 9.80 Å². The van der Waals surface area contributed by atoms with Gasteiger partial charge in [-0.05, 0) is 0 Å². The molecule has 1 aliphatic rings. The Hall–Kier alpha value is -2.35. The van der Waals surface area contributed by atoms with E-state index in [0.29, 0.717) is 5.56 Å². The minimum Gasteiger partial charge on any atom is -0.480 e. The summed E-state index contributed by atoms with van der Waals surface area (Å²) >= 11 is 0.978. The smallest absolute Gasteiger partial charge is 0.328 e. The van der Waals surface area contributed by atoms with Gasteiger partial charge in [0.15, 0.2) is 6.04 Å². The molecule has 1 aromatic rings. The number of carboxylic acid groups (broad SMARTS) is 1. The quantitative estimate of drug-likeness (QED) is 0.866. The summed E-state index contributed by atoms with van der Waals surface area (Å²) in [4.78, 5) is 49.8. The maximum atomic E-state index is 12.5. The zero-order chi connectivity index (χ0) is 17.9. The molecule has 1 fully saturated rings. The highest BCUT2D eigenvalue weighted by Crippen LogP contribution is 2.21. The van der Waals surface area contributed by atoms with Crippen LogP contribution in [0.15, 0.2) is 30.3 Å². The lowest BCUT2D eigenvalue weighted by molar-refractivity contribution is -0.147. The molecule has 0 bridgehead atoms. The lowest BCUT2D eigenvalue weighted by Crippen LogP contribution is -2.46. The summed E-state index contributed by atoms with van der Waals surface area (Å²) in [5.74, 6) is -2.28. The Morgan fingerprint density at radius 3 is 2.50 bits per heavy atom. The number of imide groups is 1. The summed E-state index contributed by atoms with van der Waals surface area (Å²) in [5, 5.41) is 9.01. The number of amides is 3. The molecule has 1 aromatic carbocycles. The van der Waals surface area contributed by atoms with Crippen LogP contribution in [0.25, 0.3) is 0 Å². The van der Waals surface area contributed by atoms with Gasteiger partial charge in [0.1, 0.15) is 0 Å². The third-order valence-corrected chi connectivity index (χ3v) is 4.87. The normalized spacial score (nSPS) is 18.6. The van der Waals surface area contributed by atoms with Gasteiger partial charge in [-0.15, -0.1) is 0 Å². The highest BCUT2D eigenvalue weighted by atomic mass is 32.2. The zero-order valence-electron chi connectivity index (χ0n) is 13.3. The number of hydrogen-bond donors (Lipinski definition) is 1. The minimum atomic E-state index is -1.22. The van der Waals surface area contributed by atoms with Crippen LogP contribution in [0.4, 0.5) is 4.79 Å². The molecule has 0 spiro atoms. The highest BCUT2D eigenvalue weighted by Gasteiger charge is 2.44. The number of aliphatic carboxylic acids is 1. The Morgan fingerprint density at radius 2 is 1.92 bits per heavy atom. The lowest BCUT2D eigenvalue weighted by Gasteiger charge is -2.21. The van der Waals surface area contributed by atoms with Crippen molar-refractivity contribution in [2.45, 2.75) is 13.0 Å². The van der Waals surface area contributed by atoms with Gasteiger partial charge in [-0.1, -0.05) is 49.0 Å². The van der Waals surface area contributed by atoms with Crippen molar-refractivity contribution in [1.29, 1.82) is 0 Å². The first kappa shape index (κ1) is 18.0. The maximum Gasteiger partial charge on any atom is 0.328 e. The molecule has 3 amide bonds. The van der Waals surface area contributed by atoms with Gasteiger partial charge >= 0.3 is 12.0 Å². The largest absolute Gasteiger partial charge is 0.480 e. The van der Waals surface area contributed by atoms with Gasteiger partial charge in [-0.2, -0.15) is 0 Å². The first-order valence-electron chi connectivity index (χ1n) is 7.36. The van der Waals surface area contributed by atoms with Gasteiger partial charge in [0.25, 0.3) is 0 Å². The van der Waals surface area contributed by atoms with E-state index in [1.807, 2.05) is 0 Å². The van der Waals surface area contributed by atoms with Gasteiger partial charge in [-0.25, -0.2) is 14.5 Å². The van der Waals surface area contributed by atoms with E-state index < -0.39 is 29.9 Å². The second kappa shape index (κ2) is 7.48. The summed E-state index contributed by atoms with van der Waals surface area (Å²) in [6, 6.07) is 6.85. The van der Waals surface area contributed by atoms with E-state index in [9.17, 15) is 24.3 Å². The number of benzene rings is 1. The number of likely N-dealkylation sites (N-methyl/N-ethyl adjacent to an activating group) is 1. The number of nitrogens with zero attached hydrogens (tertiary/aromatic N) is 2. The van der Waals surface area contributed by atoms with Crippen LogP contribution in [-0.2, 0) is 9.59 Å². The molecule has 0 aliphatic carbocycles. The number of carbonyl (C=O) groups is 4. The maximum absolute atomic E-state index is 12.5. The van der Waals surface area contributed by atoms with E-state index in [1.54, 1.807) is 37.3 Å². The summed E-state index contributed by atoms with van der Waals surface area (Å²) in [6.07, 6.45) is 0. The third kappa shape index (κ3) is 3.76. The summed E-state index contributed by atoms with van der Waals surface area (Å²) in [6.45, 7) is 1.54. The monoisotopic (exact) mass is 350 g/mol. The molecule has 2 rings (SSSR count).